The maximum absolute atomic E-state index is 12.6. The van der Waals surface area contributed by atoms with Gasteiger partial charge in [-0.1, -0.05) is 12.1 Å². The molecular formula is C19H23N3O6S2. The SMILES string of the molecule is CC(=O)NCc1ccc(S(=O)(=O)Nc2ccc(N[C@H]3CS(=O)(=O)C[C@@H]3O)cc2)cc1. The second-order valence-corrected chi connectivity index (χ2v) is 11.0. The van der Waals surface area contributed by atoms with Crippen molar-refractivity contribution in [3.05, 3.63) is 54.1 Å². The second kappa shape index (κ2) is 8.62. The number of sulfonamides is 1. The first kappa shape index (κ1) is 22.1. The Morgan fingerprint density at radius 3 is 2.17 bits per heavy atom. The molecule has 1 aliphatic rings. The lowest BCUT2D eigenvalue weighted by atomic mass is 10.2. The van der Waals surface area contributed by atoms with Gasteiger partial charge in [-0.3, -0.25) is 9.52 Å². The van der Waals surface area contributed by atoms with Crippen LogP contribution in [0.15, 0.2) is 53.4 Å². The molecule has 11 heteroatoms. The average Bonchev–Trinajstić information content (AvgIpc) is 2.93. The molecule has 2 aromatic carbocycles. The first-order valence-electron chi connectivity index (χ1n) is 9.15. The number of aliphatic hydroxyl groups is 1. The molecule has 4 N–H and O–H groups in total. The van der Waals surface area contributed by atoms with E-state index < -0.39 is 32.0 Å². The minimum Gasteiger partial charge on any atom is -0.390 e. The van der Waals surface area contributed by atoms with Crippen LogP contribution >= 0.6 is 0 Å². The topological polar surface area (TPSA) is 142 Å². The van der Waals surface area contributed by atoms with Crippen LogP contribution in [0.1, 0.15) is 12.5 Å². The van der Waals surface area contributed by atoms with Crippen molar-refractivity contribution in [2.45, 2.75) is 30.5 Å². The predicted molar refractivity (Wildman–Crippen MR) is 113 cm³/mol. The summed E-state index contributed by atoms with van der Waals surface area (Å²) in [5.41, 5.74) is 1.68. The molecule has 1 heterocycles. The number of amides is 1. The summed E-state index contributed by atoms with van der Waals surface area (Å²) in [4.78, 5) is 11.0. The van der Waals surface area contributed by atoms with Crippen LogP contribution in [-0.2, 0) is 31.2 Å². The van der Waals surface area contributed by atoms with Gasteiger partial charge in [0.15, 0.2) is 9.84 Å². The van der Waals surface area contributed by atoms with E-state index in [9.17, 15) is 26.7 Å². The molecule has 162 valence electrons. The van der Waals surface area contributed by atoms with Gasteiger partial charge in [-0.15, -0.1) is 0 Å². The van der Waals surface area contributed by atoms with Crippen LogP contribution in [0.4, 0.5) is 11.4 Å². The number of benzene rings is 2. The quantitative estimate of drug-likeness (QED) is 0.483. The molecule has 0 saturated carbocycles. The van der Waals surface area contributed by atoms with Crippen molar-refractivity contribution in [3.8, 4) is 0 Å². The Morgan fingerprint density at radius 1 is 1.03 bits per heavy atom. The van der Waals surface area contributed by atoms with Gasteiger partial charge in [0.1, 0.15) is 0 Å². The van der Waals surface area contributed by atoms with E-state index in [1.807, 2.05) is 0 Å². The van der Waals surface area contributed by atoms with Crippen LogP contribution in [0.2, 0.25) is 0 Å². The zero-order chi connectivity index (χ0) is 21.9. The molecule has 0 aliphatic carbocycles. The summed E-state index contributed by atoms with van der Waals surface area (Å²) in [5, 5.41) is 15.4. The summed E-state index contributed by atoms with van der Waals surface area (Å²) in [6, 6.07) is 11.8. The third-order valence-electron chi connectivity index (χ3n) is 4.59. The third kappa shape index (κ3) is 5.71. The van der Waals surface area contributed by atoms with Crippen LogP contribution in [0, 0.1) is 0 Å². The van der Waals surface area contributed by atoms with E-state index in [1.54, 1.807) is 36.4 Å². The molecule has 1 saturated heterocycles. The number of rotatable bonds is 7. The van der Waals surface area contributed by atoms with E-state index in [4.69, 9.17) is 0 Å². The fourth-order valence-corrected chi connectivity index (χ4v) is 5.84. The van der Waals surface area contributed by atoms with Gasteiger partial charge in [-0.05, 0) is 42.0 Å². The van der Waals surface area contributed by atoms with Crippen LogP contribution in [-0.4, -0.2) is 51.5 Å². The lowest BCUT2D eigenvalue weighted by molar-refractivity contribution is -0.119. The average molecular weight is 454 g/mol. The maximum Gasteiger partial charge on any atom is 0.261 e. The molecule has 0 radical (unpaired) electrons. The fourth-order valence-electron chi connectivity index (χ4n) is 3.04. The highest BCUT2D eigenvalue weighted by Gasteiger charge is 2.36. The standard InChI is InChI=1S/C19H23N3O6S2/c1-13(23)20-10-14-2-8-17(9-3-14)30(27,28)22-16-6-4-15(5-7-16)21-18-11-29(25,26)12-19(18)24/h2-9,18-19,21-22,24H,10-12H2,1H3,(H,20,23)/t18-,19-/m0/s1. The fraction of sp³-hybridized carbons (Fsp3) is 0.316. The number of carbonyl (C=O) groups excluding carboxylic acids is 1. The van der Waals surface area contributed by atoms with Gasteiger partial charge in [-0.25, -0.2) is 16.8 Å². The number of hydrogen-bond donors (Lipinski definition) is 4. The zero-order valence-corrected chi connectivity index (χ0v) is 17.8. The summed E-state index contributed by atoms with van der Waals surface area (Å²) in [6.45, 7) is 1.72. The number of aliphatic hydroxyl groups excluding tert-OH is 1. The van der Waals surface area contributed by atoms with Crippen molar-refractivity contribution in [2.24, 2.45) is 0 Å². The zero-order valence-electron chi connectivity index (χ0n) is 16.2. The first-order chi connectivity index (χ1) is 14.0. The van der Waals surface area contributed by atoms with Crippen molar-refractivity contribution in [1.29, 1.82) is 0 Å². The van der Waals surface area contributed by atoms with E-state index in [-0.39, 0.29) is 22.3 Å². The largest absolute Gasteiger partial charge is 0.390 e. The predicted octanol–water partition coefficient (Wildman–Crippen LogP) is 0.693. The Hall–Kier alpha value is -2.63. The minimum atomic E-state index is -3.80. The van der Waals surface area contributed by atoms with Crippen LogP contribution in [0.3, 0.4) is 0 Å². The van der Waals surface area contributed by atoms with E-state index in [2.05, 4.69) is 15.4 Å². The van der Waals surface area contributed by atoms with E-state index in [0.29, 0.717) is 17.9 Å². The van der Waals surface area contributed by atoms with Gasteiger partial charge in [0.2, 0.25) is 5.91 Å². The van der Waals surface area contributed by atoms with E-state index in [0.717, 1.165) is 5.56 Å². The highest BCUT2D eigenvalue weighted by atomic mass is 32.2. The molecule has 0 unspecified atom stereocenters. The Bertz CT molecular complexity index is 1110. The Balaban J connectivity index is 1.63. The summed E-state index contributed by atoms with van der Waals surface area (Å²) >= 11 is 0. The number of carbonyl (C=O) groups is 1. The van der Waals surface area contributed by atoms with E-state index in [1.165, 1.54) is 19.1 Å². The molecule has 2 aromatic rings. The molecule has 1 aliphatic heterocycles. The molecule has 30 heavy (non-hydrogen) atoms. The van der Waals surface area contributed by atoms with Gasteiger partial charge < -0.3 is 15.7 Å². The number of sulfone groups is 1. The summed E-state index contributed by atoms with van der Waals surface area (Å²) in [6.07, 6.45) is -0.984. The van der Waals surface area contributed by atoms with Gasteiger partial charge in [0.25, 0.3) is 10.0 Å². The lowest BCUT2D eigenvalue weighted by Crippen LogP contribution is -2.31. The summed E-state index contributed by atoms with van der Waals surface area (Å²) in [5.74, 6) is -0.595. The van der Waals surface area contributed by atoms with Gasteiger partial charge in [0.05, 0.1) is 28.5 Å². The highest BCUT2D eigenvalue weighted by Crippen LogP contribution is 2.22. The molecule has 1 fully saturated rings. The Labute approximate surface area is 175 Å². The minimum absolute atomic E-state index is 0.0792. The molecule has 2 atom stereocenters. The molecular weight excluding hydrogens is 430 g/mol. The molecule has 0 spiro atoms. The summed E-state index contributed by atoms with van der Waals surface area (Å²) < 4.78 is 50.8. The molecule has 0 aromatic heterocycles. The first-order valence-corrected chi connectivity index (χ1v) is 12.5. The number of nitrogens with one attached hydrogen (secondary N) is 3. The number of hydrogen-bond acceptors (Lipinski definition) is 7. The number of anilines is 2. The monoisotopic (exact) mass is 453 g/mol. The second-order valence-electron chi connectivity index (χ2n) is 7.13. The maximum atomic E-state index is 12.6. The molecule has 1 amide bonds. The van der Waals surface area contributed by atoms with E-state index >= 15 is 0 Å². The smallest absolute Gasteiger partial charge is 0.261 e. The van der Waals surface area contributed by atoms with Crippen molar-refractivity contribution in [3.63, 3.8) is 0 Å². The lowest BCUT2D eigenvalue weighted by Gasteiger charge is -2.16. The molecule has 9 nitrogen and oxygen atoms in total. The molecule has 0 bridgehead atoms. The van der Waals surface area contributed by atoms with Crippen molar-refractivity contribution in [2.75, 3.05) is 21.5 Å². The highest BCUT2D eigenvalue weighted by molar-refractivity contribution is 7.92. The van der Waals surface area contributed by atoms with Crippen LogP contribution < -0.4 is 15.4 Å². The van der Waals surface area contributed by atoms with Crippen molar-refractivity contribution < 1.29 is 26.7 Å². The van der Waals surface area contributed by atoms with Crippen molar-refractivity contribution in [1.82, 2.24) is 5.32 Å². The Morgan fingerprint density at radius 2 is 1.63 bits per heavy atom. The van der Waals surface area contributed by atoms with Crippen molar-refractivity contribution >= 4 is 37.1 Å². The summed E-state index contributed by atoms with van der Waals surface area (Å²) in [7, 11) is -7.06. The normalized spacial score (nSPS) is 20.5. The van der Waals surface area contributed by atoms with Crippen LogP contribution in [0.5, 0.6) is 0 Å². The Kier molecular flexibility index (Phi) is 6.34. The van der Waals surface area contributed by atoms with Gasteiger partial charge in [0, 0.05) is 24.8 Å². The van der Waals surface area contributed by atoms with Gasteiger partial charge >= 0.3 is 0 Å². The van der Waals surface area contributed by atoms with Gasteiger partial charge in [-0.2, -0.15) is 0 Å². The van der Waals surface area contributed by atoms with Crippen LogP contribution in [0.25, 0.3) is 0 Å². The molecule has 3 rings (SSSR count). The third-order valence-corrected chi connectivity index (χ3v) is 7.70.